The van der Waals surface area contributed by atoms with E-state index in [-0.39, 0.29) is 12.0 Å². The molecule has 5 nitrogen and oxygen atoms in total. The first-order valence-corrected chi connectivity index (χ1v) is 7.57. The Morgan fingerprint density at radius 3 is 2.90 bits per heavy atom. The van der Waals surface area contributed by atoms with E-state index in [2.05, 4.69) is 15.3 Å². The van der Waals surface area contributed by atoms with Crippen molar-refractivity contribution in [1.29, 1.82) is 0 Å². The van der Waals surface area contributed by atoms with Crippen LogP contribution >= 0.6 is 0 Å². The number of likely N-dealkylation sites (tertiary alicyclic amines) is 1. The fraction of sp³-hybridized carbons (Fsp3) is 0.667. The van der Waals surface area contributed by atoms with Crippen LogP contribution in [0.15, 0.2) is 12.3 Å². The Morgan fingerprint density at radius 2 is 2.15 bits per heavy atom. The molecule has 20 heavy (non-hydrogen) atoms. The Kier molecular flexibility index (Phi) is 3.85. The number of carbonyl (C=O) groups is 1. The van der Waals surface area contributed by atoms with Gasteiger partial charge >= 0.3 is 0 Å². The normalized spacial score (nSPS) is 23.2. The maximum atomic E-state index is 12.4. The first kappa shape index (κ1) is 13.3. The smallest absolute Gasteiger partial charge is 0.225 e. The molecule has 1 aromatic heterocycles. The Balaban J connectivity index is 1.55. The Hall–Kier alpha value is -1.65. The van der Waals surface area contributed by atoms with Crippen LogP contribution in [0.4, 0.5) is 5.95 Å². The number of rotatable bonds is 3. The van der Waals surface area contributed by atoms with Gasteiger partial charge in [-0.25, -0.2) is 9.97 Å². The van der Waals surface area contributed by atoms with E-state index in [4.69, 9.17) is 0 Å². The van der Waals surface area contributed by atoms with Gasteiger partial charge in [-0.15, -0.1) is 0 Å². The molecule has 0 bridgehead atoms. The van der Waals surface area contributed by atoms with Gasteiger partial charge in [0, 0.05) is 36.9 Å². The standard InChI is InChI=1S/C15H22N4O/c1-11-6-8-16-15(17-11)18-13-7-9-19(10-13)14(20)12-4-2-3-5-12/h6,8,12-13H,2-5,7,9-10H2,1H3,(H,16,17,18). The van der Waals surface area contributed by atoms with Gasteiger partial charge in [-0.2, -0.15) is 0 Å². The summed E-state index contributed by atoms with van der Waals surface area (Å²) in [7, 11) is 0. The molecule has 5 heteroatoms. The molecule has 0 aromatic carbocycles. The summed E-state index contributed by atoms with van der Waals surface area (Å²) in [6.07, 6.45) is 7.33. The van der Waals surface area contributed by atoms with Gasteiger partial charge in [0.2, 0.25) is 11.9 Å². The number of amides is 1. The highest BCUT2D eigenvalue weighted by Crippen LogP contribution is 2.28. The molecule has 1 aliphatic carbocycles. The SMILES string of the molecule is Cc1ccnc(NC2CCN(C(=O)C3CCCC3)C2)n1. The minimum Gasteiger partial charge on any atom is -0.350 e. The van der Waals surface area contributed by atoms with Crippen molar-refractivity contribution >= 4 is 11.9 Å². The summed E-state index contributed by atoms with van der Waals surface area (Å²) < 4.78 is 0. The molecule has 1 aromatic rings. The third kappa shape index (κ3) is 2.92. The topological polar surface area (TPSA) is 58.1 Å². The third-order valence-electron chi connectivity index (χ3n) is 4.33. The van der Waals surface area contributed by atoms with Crippen molar-refractivity contribution in [2.75, 3.05) is 18.4 Å². The van der Waals surface area contributed by atoms with Crippen molar-refractivity contribution in [2.45, 2.75) is 45.1 Å². The zero-order chi connectivity index (χ0) is 13.9. The summed E-state index contributed by atoms with van der Waals surface area (Å²) in [4.78, 5) is 23.0. The predicted octanol–water partition coefficient (Wildman–Crippen LogP) is 1.99. The molecule has 1 aliphatic heterocycles. The molecule has 1 N–H and O–H groups in total. The lowest BCUT2D eigenvalue weighted by Crippen LogP contribution is -2.35. The molecule has 0 spiro atoms. The molecular weight excluding hydrogens is 252 g/mol. The minimum atomic E-state index is 0.280. The first-order valence-electron chi connectivity index (χ1n) is 7.57. The lowest BCUT2D eigenvalue weighted by molar-refractivity contribution is -0.134. The summed E-state index contributed by atoms with van der Waals surface area (Å²) >= 11 is 0. The van der Waals surface area contributed by atoms with Crippen molar-refractivity contribution < 1.29 is 4.79 Å². The van der Waals surface area contributed by atoms with Crippen molar-refractivity contribution in [3.8, 4) is 0 Å². The van der Waals surface area contributed by atoms with Crippen molar-refractivity contribution in [1.82, 2.24) is 14.9 Å². The van der Waals surface area contributed by atoms with Gasteiger partial charge in [-0.1, -0.05) is 12.8 Å². The van der Waals surface area contributed by atoms with E-state index in [9.17, 15) is 4.79 Å². The van der Waals surface area contributed by atoms with Gasteiger partial charge in [0.05, 0.1) is 0 Å². The predicted molar refractivity (Wildman–Crippen MR) is 77.3 cm³/mol. The molecule has 1 atom stereocenters. The largest absolute Gasteiger partial charge is 0.350 e. The average Bonchev–Trinajstić information content (AvgIpc) is 3.09. The van der Waals surface area contributed by atoms with E-state index < -0.39 is 0 Å². The van der Waals surface area contributed by atoms with Crippen molar-refractivity contribution in [3.05, 3.63) is 18.0 Å². The van der Waals surface area contributed by atoms with Crippen LogP contribution in [0.2, 0.25) is 0 Å². The van der Waals surface area contributed by atoms with Gasteiger partial charge in [0.15, 0.2) is 0 Å². The zero-order valence-electron chi connectivity index (χ0n) is 12.0. The van der Waals surface area contributed by atoms with Gasteiger partial charge in [0.1, 0.15) is 0 Å². The highest BCUT2D eigenvalue weighted by atomic mass is 16.2. The lowest BCUT2D eigenvalue weighted by Gasteiger charge is -2.20. The van der Waals surface area contributed by atoms with Crippen LogP contribution in [0.25, 0.3) is 0 Å². The molecule has 108 valence electrons. The van der Waals surface area contributed by atoms with E-state index >= 15 is 0 Å². The number of hydrogen-bond donors (Lipinski definition) is 1. The van der Waals surface area contributed by atoms with E-state index in [0.717, 1.165) is 38.0 Å². The second-order valence-corrected chi connectivity index (χ2v) is 5.92. The maximum Gasteiger partial charge on any atom is 0.225 e. The summed E-state index contributed by atoms with van der Waals surface area (Å²) in [5.74, 6) is 1.31. The number of anilines is 1. The third-order valence-corrected chi connectivity index (χ3v) is 4.33. The number of hydrogen-bond acceptors (Lipinski definition) is 4. The molecule has 2 aliphatic rings. The van der Waals surface area contributed by atoms with Crippen LogP contribution in [0.3, 0.4) is 0 Å². The highest BCUT2D eigenvalue weighted by molar-refractivity contribution is 5.79. The summed E-state index contributed by atoms with van der Waals surface area (Å²) in [6, 6.07) is 2.16. The molecule has 2 heterocycles. The Morgan fingerprint density at radius 1 is 1.35 bits per heavy atom. The number of aromatic nitrogens is 2. The quantitative estimate of drug-likeness (QED) is 0.915. The molecule has 1 saturated heterocycles. The monoisotopic (exact) mass is 274 g/mol. The van der Waals surface area contributed by atoms with Crippen LogP contribution < -0.4 is 5.32 Å². The van der Waals surface area contributed by atoms with Crippen molar-refractivity contribution in [2.24, 2.45) is 5.92 Å². The molecule has 1 amide bonds. The number of aryl methyl sites for hydroxylation is 1. The van der Waals surface area contributed by atoms with Crippen LogP contribution in [0.5, 0.6) is 0 Å². The van der Waals surface area contributed by atoms with Crippen LogP contribution in [-0.2, 0) is 4.79 Å². The van der Waals surface area contributed by atoms with Gasteiger partial charge in [-0.05, 0) is 32.3 Å². The van der Waals surface area contributed by atoms with E-state index in [1.54, 1.807) is 6.20 Å². The van der Waals surface area contributed by atoms with Crippen molar-refractivity contribution in [3.63, 3.8) is 0 Å². The van der Waals surface area contributed by atoms with Gasteiger partial charge in [0.25, 0.3) is 0 Å². The van der Waals surface area contributed by atoms with E-state index in [1.165, 1.54) is 12.8 Å². The second kappa shape index (κ2) is 5.77. The Bertz CT molecular complexity index is 485. The maximum absolute atomic E-state index is 12.4. The lowest BCUT2D eigenvalue weighted by atomic mass is 10.1. The fourth-order valence-corrected chi connectivity index (χ4v) is 3.21. The fourth-order valence-electron chi connectivity index (χ4n) is 3.21. The molecule has 2 fully saturated rings. The zero-order valence-corrected chi connectivity index (χ0v) is 12.0. The van der Waals surface area contributed by atoms with Crippen LogP contribution in [0.1, 0.15) is 37.8 Å². The molecule has 1 saturated carbocycles. The highest BCUT2D eigenvalue weighted by Gasteiger charge is 2.32. The number of nitrogens with zero attached hydrogens (tertiary/aromatic N) is 3. The summed E-state index contributed by atoms with van der Waals surface area (Å²) in [5.41, 5.74) is 0.958. The molecule has 3 rings (SSSR count). The molecular formula is C15H22N4O. The second-order valence-electron chi connectivity index (χ2n) is 5.92. The average molecular weight is 274 g/mol. The van der Waals surface area contributed by atoms with Gasteiger partial charge < -0.3 is 10.2 Å². The Labute approximate surface area is 119 Å². The molecule has 1 unspecified atom stereocenters. The number of carbonyl (C=O) groups excluding carboxylic acids is 1. The van der Waals surface area contributed by atoms with Crippen LogP contribution in [-0.4, -0.2) is 39.9 Å². The van der Waals surface area contributed by atoms with E-state index in [0.29, 0.717) is 11.9 Å². The summed E-state index contributed by atoms with van der Waals surface area (Å²) in [6.45, 7) is 3.60. The first-order chi connectivity index (χ1) is 9.72. The van der Waals surface area contributed by atoms with Gasteiger partial charge in [-0.3, -0.25) is 4.79 Å². The minimum absolute atomic E-state index is 0.280. The number of nitrogens with one attached hydrogen (secondary N) is 1. The summed E-state index contributed by atoms with van der Waals surface area (Å²) in [5, 5.41) is 3.34. The molecule has 0 radical (unpaired) electrons. The van der Waals surface area contributed by atoms with Crippen LogP contribution in [0, 0.1) is 12.8 Å². The van der Waals surface area contributed by atoms with E-state index in [1.807, 2.05) is 17.9 Å².